The van der Waals surface area contributed by atoms with Crippen LogP contribution in [0.25, 0.3) is 0 Å². The van der Waals surface area contributed by atoms with Crippen molar-refractivity contribution in [1.29, 1.82) is 0 Å². The molecule has 1 saturated heterocycles. The minimum absolute atomic E-state index is 0.0304. The summed E-state index contributed by atoms with van der Waals surface area (Å²) in [5.74, 6) is 1.97. The number of carbonyl (C=O) groups excluding carboxylic acids is 1. The third kappa shape index (κ3) is 2.33. The lowest BCUT2D eigenvalue weighted by atomic mass is 9.59. The molecule has 1 aromatic rings. The fraction of sp³-hybridized carbons (Fsp3) is 0.812. The number of aryl methyl sites for hydroxylation is 1. The van der Waals surface area contributed by atoms with Crippen LogP contribution in [0.5, 0.6) is 0 Å². The van der Waals surface area contributed by atoms with Crippen LogP contribution in [0.1, 0.15) is 57.2 Å². The highest BCUT2D eigenvalue weighted by Crippen LogP contribution is 2.53. The van der Waals surface area contributed by atoms with Crippen LogP contribution in [-0.2, 0) is 20.7 Å². The van der Waals surface area contributed by atoms with Crippen molar-refractivity contribution in [2.24, 2.45) is 11.3 Å². The molecule has 3 atom stereocenters. The molecular formula is C16H22N2O4. The van der Waals surface area contributed by atoms with E-state index in [1.54, 1.807) is 0 Å². The maximum atomic E-state index is 12.1. The topological polar surface area (TPSA) is 74.5 Å². The van der Waals surface area contributed by atoms with E-state index >= 15 is 0 Å². The lowest BCUT2D eigenvalue weighted by molar-refractivity contribution is -0.210. The van der Waals surface area contributed by atoms with Crippen molar-refractivity contribution >= 4 is 5.97 Å². The van der Waals surface area contributed by atoms with Crippen LogP contribution in [0.15, 0.2) is 4.52 Å². The molecule has 3 fully saturated rings. The first-order valence-corrected chi connectivity index (χ1v) is 8.19. The molecule has 3 unspecified atom stereocenters. The SMILES string of the molecule is CC1(C)C2OCCC2C1OC(=O)CCc1nc(C2CC2)no1. The van der Waals surface area contributed by atoms with Crippen molar-refractivity contribution in [2.75, 3.05) is 6.61 Å². The van der Waals surface area contributed by atoms with E-state index in [4.69, 9.17) is 14.0 Å². The van der Waals surface area contributed by atoms with Crippen LogP contribution in [0, 0.1) is 11.3 Å². The molecule has 0 bridgehead atoms. The summed E-state index contributed by atoms with van der Waals surface area (Å²) in [7, 11) is 0. The number of nitrogens with zero attached hydrogens (tertiary/aromatic N) is 2. The normalized spacial score (nSPS) is 32.4. The number of carbonyl (C=O) groups is 1. The summed E-state index contributed by atoms with van der Waals surface area (Å²) in [5, 5.41) is 3.96. The molecule has 22 heavy (non-hydrogen) atoms. The van der Waals surface area contributed by atoms with Crippen LogP contribution < -0.4 is 0 Å². The van der Waals surface area contributed by atoms with Gasteiger partial charge in [-0.1, -0.05) is 19.0 Å². The number of aromatic nitrogens is 2. The van der Waals surface area contributed by atoms with Gasteiger partial charge in [0.1, 0.15) is 6.10 Å². The Kier molecular flexibility index (Phi) is 3.25. The average molecular weight is 306 g/mol. The molecule has 3 aliphatic rings. The Morgan fingerprint density at radius 1 is 1.36 bits per heavy atom. The summed E-state index contributed by atoms with van der Waals surface area (Å²) in [4.78, 5) is 16.4. The fourth-order valence-corrected chi connectivity index (χ4v) is 3.80. The molecule has 1 aromatic heterocycles. The summed E-state index contributed by atoms with van der Waals surface area (Å²) in [6, 6.07) is 0. The molecule has 1 aliphatic heterocycles. The van der Waals surface area contributed by atoms with Gasteiger partial charge in [-0.3, -0.25) is 4.79 Å². The summed E-state index contributed by atoms with van der Waals surface area (Å²) in [6.07, 6.45) is 4.22. The molecule has 0 aromatic carbocycles. The van der Waals surface area contributed by atoms with Crippen molar-refractivity contribution in [3.05, 3.63) is 11.7 Å². The highest BCUT2D eigenvalue weighted by molar-refractivity contribution is 5.70. The molecule has 2 heterocycles. The zero-order chi connectivity index (χ0) is 15.3. The number of ether oxygens (including phenoxy) is 2. The summed E-state index contributed by atoms with van der Waals surface area (Å²) in [6.45, 7) is 4.99. The second kappa shape index (κ2) is 5.05. The van der Waals surface area contributed by atoms with Crippen molar-refractivity contribution in [2.45, 2.75) is 64.1 Å². The lowest BCUT2D eigenvalue weighted by Crippen LogP contribution is -2.61. The quantitative estimate of drug-likeness (QED) is 0.777. The summed E-state index contributed by atoms with van der Waals surface area (Å²) in [5.41, 5.74) is -0.0829. The van der Waals surface area contributed by atoms with Crippen molar-refractivity contribution in [3.63, 3.8) is 0 Å². The van der Waals surface area contributed by atoms with Crippen molar-refractivity contribution in [3.8, 4) is 0 Å². The molecule has 6 heteroatoms. The predicted octanol–water partition coefficient (Wildman–Crippen LogP) is 2.24. The second-order valence-electron chi connectivity index (χ2n) is 7.30. The molecular weight excluding hydrogens is 284 g/mol. The Hall–Kier alpha value is -1.43. The van der Waals surface area contributed by atoms with Gasteiger partial charge < -0.3 is 14.0 Å². The zero-order valence-electron chi connectivity index (χ0n) is 13.1. The molecule has 0 N–H and O–H groups in total. The van der Waals surface area contributed by atoms with E-state index in [-0.39, 0.29) is 30.0 Å². The van der Waals surface area contributed by atoms with Crippen molar-refractivity contribution in [1.82, 2.24) is 10.1 Å². The van der Waals surface area contributed by atoms with Gasteiger partial charge in [0.05, 0.1) is 12.5 Å². The van der Waals surface area contributed by atoms with E-state index in [1.165, 1.54) is 0 Å². The van der Waals surface area contributed by atoms with Gasteiger partial charge in [-0.25, -0.2) is 0 Å². The van der Waals surface area contributed by atoms with Gasteiger partial charge in [-0.05, 0) is 19.3 Å². The van der Waals surface area contributed by atoms with Gasteiger partial charge in [-0.2, -0.15) is 4.98 Å². The predicted molar refractivity (Wildman–Crippen MR) is 76.1 cm³/mol. The standard InChI is InChI=1S/C16H22N2O4/c1-16(2)13-10(7-8-20-13)14(16)21-12(19)6-5-11-17-15(18-22-11)9-3-4-9/h9-10,13-14H,3-8H2,1-2H3. The van der Waals surface area contributed by atoms with Crippen molar-refractivity contribution < 1.29 is 18.8 Å². The van der Waals surface area contributed by atoms with E-state index in [0.29, 0.717) is 24.1 Å². The largest absolute Gasteiger partial charge is 0.461 e. The smallest absolute Gasteiger partial charge is 0.306 e. The van der Waals surface area contributed by atoms with Crippen LogP contribution in [0.2, 0.25) is 0 Å². The molecule has 6 nitrogen and oxygen atoms in total. The van der Waals surface area contributed by atoms with Crippen LogP contribution in [0.3, 0.4) is 0 Å². The average Bonchev–Trinajstić information content (AvgIpc) is 3.06. The molecule has 0 amide bonds. The van der Waals surface area contributed by atoms with Gasteiger partial charge >= 0.3 is 5.97 Å². The molecule has 2 saturated carbocycles. The fourth-order valence-electron chi connectivity index (χ4n) is 3.80. The van der Waals surface area contributed by atoms with Gasteiger partial charge in [-0.15, -0.1) is 0 Å². The Bertz CT molecular complexity index is 578. The van der Waals surface area contributed by atoms with E-state index in [0.717, 1.165) is 31.7 Å². The highest BCUT2D eigenvalue weighted by atomic mass is 16.6. The number of esters is 1. The van der Waals surface area contributed by atoms with E-state index in [2.05, 4.69) is 24.0 Å². The minimum atomic E-state index is -0.186. The summed E-state index contributed by atoms with van der Waals surface area (Å²) < 4.78 is 16.6. The Balaban J connectivity index is 1.29. The zero-order valence-corrected chi connectivity index (χ0v) is 13.1. The van der Waals surface area contributed by atoms with E-state index in [1.807, 2.05) is 0 Å². The third-order valence-electron chi connectivity index (χ3n) is 5.22. The molecule has 0 spiro atoms. The second-order valence-corrected chi connectivity index (χ2v) is 7.30. The van der Waals surface area contributed by atoms with Crippen LogP contribution in [0.4, 0.5) is 0 Å². The van der Waals surface area contributed by atoms with E-state index < -0.39 is 0 Å². The molecule has 4 rings (SSSR count). The van der Waals surface area contributed by atoms with Gasteiger partial charge in [0.15, 0.2) is 5.82 Å². The number of hydrogen-bond acceptors (Lipinski definition) is 6. The summed E-state index contributed by atoms with van der Waals surface area (Å²) >= 11 is 0. The van der Waals surface area contributed by atoms with E-state index in [9.17, 15) is 4.79 Å². The minimum Gasteiger partial charge on any atom is -0.461 e. The van der Waals surface area contributed by atoms with Gasteiger partial charge in [0.2, 0.25) is 5.89 Å². The van der Waals surface area contributed by atoms with Gasteiger partial charge in [0, 0.05) is 30.3 Å². The number of hydrogen-bond donors (Lipinski definition) is 0. The number of rotatable bonds is 5. The lowest BCUT2D eigenvalue weighted by Gasteiger charge is -2.53. The maximum absolute atomic E-state index is 12.1. The highest BCUT2D eigenvalue weighted by Gasteiger charge is 2.61. The third-order valence-corrected chi connectivity index (χ3v) is 5.22. The number of fused-ring (bicyclic) bond motifs is 1. The molecule has 2 aliphatic carbocycles. The Morgan fingerprint density at radius 3 is 2.95 bits per heavy atom. The molecule has 120 valence electrons. The first kappa shape index (κ1) is 14.2. The molecule has 0 radical (unpaired) electrons. The first-order valence-electron chi connectivity index (χ1n) is 8.19. The van der Waals surface area contributed by atoms with Crippen LogP contribution >= 0.6 is 0 Å². The Labute approximate surface area is 129 Å². The monoisotopic (exact) mass is 306 g/mol. The van der Waals surface area contributed by atoms with Crippen LogP contribution in [-0.4, -0.2) is 34.9 Å². The first-order chi connectivity index (χ1) is 10.6. The Morgan fingerprint density at radius 2 is 2.18 bits per heavy atom. The van der Waals surface area contributed by atoms with Gasteiger partial charge in [0.25, 0.3) is 0 Å². The maximum Gasteiger partial charge on any atom is 0.306 e.